The van der Waals surface area contributed by atoms with Crippen LogP contribution in [0.1, 0.15) is 19.8 Å². The molecule has 0 saturated carbocycles. The molecule has 0 bridgehead atoms. The van der Waals surface area contributed by atoms with Crippen molar-refractivity contribution in [1.82, 2.24) is 4.81 Å². The van der Waals surface area contributed by atoms with Gasteiger partial charge in [0.15, 0.2) is 0 Å². The third-order valence-electron chi connectivity index (χ3n) is 3.89. The molecule has 2 rings (SSSR count). The summed E-state index contributed by atoms with van der Waals surface area (Å²) in [6, 6.07) is 10.8. The molecule has 1 aliphatic rings. The first-order chi connectivity index (χ1) is 8.66. The van der Waals surface area contributed by atoms with Crippen LogP contribution in [-0.4, -0.2) is 36.0 Å². The van der Waals surface area contributed by atoms with Gasteiger partial charge in [0.2, 0.25) is 0 Å². The van der Waals surface area contributed by atoms with E-state index in [1.165, 1.54) is 18.5 Å². The summed E-state index contributed by atoms with van der Waals surface area (Å²) in [5.74, 6) is 0.605. The van der Waals surface area contributed by atoms with Gasteiger partial charge in [-0.1, -0.05) is 18.2 Å². The number of nitrogens with zero attached hydrogens (tertiary/aromatic N) is 1. The first-order valence-corrected chi connectivity index (χ1v) is 6.90. The standard InChI is InChI=1S/C14H23BN2O/c1-12(16-14-8-4-3-5-9-14)13-7-6-10-17(11-13)15(2)18/h3-5,8-9,12-13,16,18H,6-7,10-11H2,1-2H3. The zero-order chi connectivity index (χ0) is 13.0. The van der Waals surface area contributed by atoms with Gasteiger partial charge in [-0.15, -0.1) is 0 Å². The SMILES string of the molecule is CB(O)N1CCCC(C(C)Nc2ccccc2)C1. The molecule has 4 heteroatoms. The minimum Gasteiger partial charge on any atom is -0.437 e. The molecule has 0 aliphatic carbocycles. The van der Waals surface area contributed by atoms with Crippen molar-refractivity contribution in [3.8, 4) is 0 Å². The summed E-state index contributed by atoms with van der Waals surface area (Å²) in [6.07, 6.45) is 2.42. The third-order valence-corrected chi connectivity index (χ3v) is 3.89. The van der Waals surface area contributed by atoms with E-state index in [1.807, 2.05) is 12.9 Å². The molecule has 98 valence electrons. The molecule has 1 aromatic carbocycles. The molecule has 0 spiro atoms. The van der Waals surface area contributed by atoms with Crippen molar-refractivity contribution < 1.29 is 5.02 Å². The van der Waals surface area contributed by atoms with Crippen molar-refractivity contribution in [1.29, 1.82) is 0 Å². The summed E-state index contributed by atoms with van der Waals surface area (Å²) in [6.45, 7) is 6.10. The highest BCUT2D eigenvalue weighted by atomic mass is 16.2. The zero-order valence-corrected chi connectivity index (χ0v) is 11.3. The highest BCUT2D eigenvalue weighted by Gasteiger charge is 2.27. The van der Waals surface area contributed by atoms with Gasteiger partial charge in [-0.3, -0.25) is 0 Å². The number of anilines is 1. The van der Waals surface area contributed by atoms with Gasteiger partial charge in [-0.2, -0.15) is 0 Å². The second kappa shape index (κ2) is 6.25. The summed E-state index contributed by atoms with van der Waals surface area (Å²) in [4.78, 5) is 2.16. The Labute approximate surface area is 110 Å². The van der Waals surface area contributed by atoms with E-state index in [4.69, 9.17) is 0 Å². The molecule has 18 heavy (non-hydrogen) atoms. The largest absolute Gasteiger partial charge is 0.437 e. The van der Waals surface area contributed by atoms with Gasteiger partial charge in [0.05, 0.1) is 0 Å². The van der Waals surface area contributed by atoms with Gasteiger partial charge in [0, 0.05) is 11.7 Å². The van der Waals surface area contributed by atoms with Crippen LogP contribution in [0.2, 0.25) is 6.82 Å². The van der Waals surface area contributed by atoms with Crippen LogP contribution in [-0.2, 0) is 0 Å². The Kier molecular flexibility index (Phi) is 4.67. The van der Waals surface area contributed by atoms with E-state index in [-0.39, 0.29) is 7.05 Å². The minimum atomic E-state index is -0.322. The Morgan fingerprint density at radius 3 is 2.78 bits per heavy atom. The minimum absolute atomic E-state index is 0.322. The number of hydrogen-bond donors (Lipinski definition) is 2. The van der Waals surface area contributed by atoms with Crippen molar-refractivity contribution in [2.24, 2.45) is 5.92 Å². The zero-order valence-electron chi connectivity index (χ0n) is 11.3. The molecule has 1 aromatic rings. The van der Waals surface area contributed by atoms with E-state index in [1.54, 1.807) is 0 Å². The highest BCUT2D eigenvalue weighted by Crippen LogP contribution is 2.22. The Balaban J connectivity index is 1.90. The molecule has 1 fully saturated rings. The predicted molar refractivity (Wildman–Crippen MR) is 77.7 cm³/mol. The molecule has 0 radical (unpaired) electrons. The third kappa shape index (κ3) is 3.50. The predicted octanol–water partition coefficient (Wildman–Crippen LogP) is 2.31. The molecule has 1 saturated heterocycles. The van der Waals surface area contributed by atoms with Crippen LogP contribution in [0.25, 0.3) is 0 Å². The molecular weight excluding hydrogens is 223 g/mol. The fourth-order valence-corrected chi connectivity index (χ4v) is 2.70. The molecule has 1 heterocycles. The van der Waals surface area contributed by atoms with Crippen LogP contribution in [0.3, 0.4) is 0 Å². The average Bonchev–Trinajstić information content (AvgIpc) is 2.40. The second-order valence-electron chi connectivity index (χ2n) is 5.33. The first-order valence-electron chi connectivity index (χ1n) is 6.90. The molecule has 1 aliphatic heterocycles. The van der Waals surface area contributed by atoms with Gasteiger partial charge in [-0.05, 0) is 57.7 Å². The van der Waals surface area contributed by atoms with Gasteiger partial charge in [-0.25, -0.2) is 0 Å². The summed E-state index contributed by atoms with van der Waals surface area (Å²) >= 11 is 0. The topological polar surface area (TPSA) is 35.5 Å². The van der Waals surface area contributed by atoms with Crippen LogP contribution < -0.4 is 5.32 Å². The molecule has 2 unspecified atom stereocenters. The number of nitrogens with one attached hydrogen (secondary N) is 1. The monoisotopic (exact) mass is 246 g/mol. The summed E-state index contributed by atoms with van der Waals surface area (Å²) < 4.78 is 0. The molecule has 0 aromatic heterocycles. The van der Waals surface area contributed by atoms with E-state index in [2.05, 4.69) is 41.3 Å². The number of piperidine rings is 1. The fourth-order valence-electron chi connectivity index (χ4n) is 2.70. The number of hydrogen-bond acceptors (Lipinski definition) is 3. The molecule has 2 atom stereocenters. The van der Waals surface area contributed by atoms with Crippen LogP contribution >= 0.6 is 0 Å². The smallest absolute Gasteiger partial charge is 0.376 e. The Hall–Kier alpha value is -0.995. The second-order valence-corrected chi connectivity index (χ2v) is 5.33. The van der Waals surface area contributed by atoms with Crippen LogP contribution in [0, 0.1) is 5.92 Å². The van der Waals surface area contributed by atoms with Gasteiger partial charge in [0.1, 0.15) is 0 Å². The maximum Gasteiger partial charge on any atom is 0.376 e. The Bertz CT molecular complexity index is 358. The number of rotatable bonds is 4. The lowest BCUT2D eigenvalue weighted by Gasteiger charge is -2.37. The van der Waals surface area contributed by atoms with Gasteiger partial charge in [0.25, 0.3) is 0 Å². The molecule has 3 nitrogen and oxygen atoms in total. The van der Waals surface area contributed by atoms with E-state index in [0.717, 1.165) is 13.1 Å². The van der Waals surface area contributed by atoms with Crippen molar-refractivity contribution >= 4 is 12.7 Å². The lowest BCUT2D eigenvalue weighted by atomic mass is 9.79. The van der Waals surface area contributed by atoms with Crippen molar-refractivity contribution in [2.75, 3.05) is 18.4 Å². The summed E-state index contributed by atoms with van der Waals surface area (Å²) in [7, 11) is -0.322. The van der Waals surface area contributed by atoms with Gasteiger partial charge < -0.3 is 15.2 Å². The van der Waals surface area contributed by atoms with E-state index in [0.29, 0.717) is 12.0 Å². The van der Waals surface area contributed by atoms with E-state index < -0.39 is 0 Å². The van der Waals surface area contributed by atoms with E-state index in [9.17, 15) is 5.02 Å². The highest BCUT2D eigenvalue weighted by molar-refractivity contribution is 6.45. The maximum absolute atomic E-state index is 9.67. The average molecular weight is 246 g/mol. The van der Waals surface area contributed by atoms with Crippen LogP contribution in [0.15, 0.2) is 30.3 Å². The summed E-state index contributed by atoms with van der Waals surface area (Å²) in [5.41, 5.74) is 1.18. The van der Waals surface area contributed by atoms with E-state index >= 15 is 0 Å². The Morgan fingerprint density at radius 1 is 1.39 bits per heavy atom. The van der Waals surface area contributed by atoms with Crippen molar-refractivity contribution in [2.45, 2.75) is 32.6 Å². The lowest BCUT2D eigenvalue weighted by Crippen LogP contribution is -2.47. The quantitative estimate of drug-likeness (QED) is 0.800. The lowest BCUT2D eigenvalue weighted by molar-refractivity contribution is 0.228. The molecule has 2 N–H and O–H groups in total. The Morgan fingerprint density at radius 2 is 2.11 bits per heavy atom. The molecular formula is C14H23BN2O. The fraction of sp³-hybridized carbons (Fsp3) is 0.571. The normalized spacial score (nSPS) is 22.5. The first kappa shape index (κ1) is 13.4. The van der Waals surface area contributed by atoms with Crippen molar-refractivity contribution in [3.05, 3.63) is 30.3 Å². The maximum atomic E-state index is 9.67. The number of para-hydroxylation sites is 1. The van der Waals surface area contributed by atoms with Crippen LogP contribution in [0.4, 0.5) is 5.69 Å². The summed E-state index contributed by atoms with van der Waals surface area (Å²) in [5, 5.41) is 13.2. The number of benzene rings is 1. The van der Waals surface area contributed by atoms with Crippen LogP contribution in [0.5, 0.6) is 0 Å². The van der Waals surface area contributed by atoms with Gasteiger partial charge >= 0.3 is 7.05 Å². The molecule has 0 amide bonds. The van der Waals surface area contributed by atoms with Crippen molar-refractivity contribution in [3.63, 3.8) is 0 Å².